The van der Waals surface area contributed by atoms with Crippen LogP contribution in [0.15, 0.2) is 4.99 Å². The molecule has 4 atom stereocenters. The van der Waals surface area contributed by atoms with E-state index in [2.05, 4.69) is 29.1 Å². The quantitative estimate of drug-likeness (QED) is 0.630. The van der Waals surface area contributed by atoms with Crippen LogP contribution in [0, 0.1) is 17.3 Å². The van der Waals surface area contributed by atoms with E-state index < -0.39 is 0 Å². The highest BCUT2D eigenvalue weighted by atomic mass is 16.5. The van der Waals surface area contributed by atoms with Crippen molar-refractivity contribution in [2.75, 3.05) is 40.5 Å². The lowest BCUT2D eigenvalue weighted by Gasteiger charge is -2.55. The third-order valence-electron chi connectivity index (χ3n) is 5.58. The molecular weight excluding hydrogens is 266 g/mol. The minimum absolute atomic E-state index is 0.197. The van der Waals surface area contributed by atoms with Crippen LogP contribution in [-0.2, 0) is 9.47 Å². The Balaban J connectivity index is 1.61. The molecule has 0 aromatic heterocycles. The van der Waals surface area contributed by atoms with Gasteiger partial charge in [-0.15, -0.1) is 0 Å². The number of nitrogens with one attached hydrogen (secondary N) is 1. The zero-order chi connectivity index (χ0) is 15.0. The third-order valence-corrected chi connectivity index (χ3v) is 5.58. The fourth-order valence-corrected chi connectivity index (χ4v) is 4.45. The molecule has 0 aromatic rings. The number of aliphatic imine (C=N–C) groups is 1. The predicted molar refractivity (Wildman–Crippen MR) is 83.5 cm³/mol. The van der Waals surface area contributed by atoms with E-state index in [1.165, 1.54) is 12.8 Å². The van der Waals surface area contributed by atoms with E-state index in [4.69, 9.17) is 9.47 Å². The Hall–Kier alpha value is -0.810. The van der Waals surface area contributed by atoms with E-state index >= 15 is 0 Å². The third kappa shape index (κ3) is 2.55. The molecule has 0 amide bonds. The Bertz CT molecular complexity index is 410. The number of fused-ring (bicyclic) bond motifs is 1. The first-order valence-corrected chi connectivity index (χ1v) is 8.16. The van der Waals surface area contributed by atoms with Crippen LogP contribution in [0.1, 0.15) is 26.7 Å². The van der Waals surface area contributed by atoms with Crippen LogP contribution in [0.2, 0.25) is 0 Å². The fourth-order valence-electron chi connectivity index (χ4n) is 4.45. The molecule has 2 aliphatic heterocycles. The smallest absolute Gasteiger partial charge is 0.193 e. The Morgan fingerprint density at radius 2 is 2.24 bits per heavy atom. The lowest BCUT2D eigenvalue weighted by atomic mass is 9.57. The number of rotatable bonds is 3. The number of likely N-dealkylation sites (tertiary alicyclic amines) is 1. The highest BCUT2D eigenvalue weighted by molar-refractivity contribution is 5.80. The van der Waals surface area contributed by atoms with Gasteiger partial charge in [0, 0.05) is 57.1 Å². The summed E-state index contributed by atoms with van der Waals surface area (Å²) in [5, 5.41) is 3.72. The highest BCUT2D eigenvalue weighted by Gasteiger charge is 2.59. The van der Waals surface area contributed by atoms with Gasteiger partial charge < -0.3 is 19.7 Å². The molecule has 3 rings (SSSR count). The Morgan fingerprint density at radius 1 is 1.43 bits per heavy atom. The average Bonchev–Trinajstić information content (AvgIpc) is 3.08. The van der Waals surface area contributed by atoms with Crippen molar-refractivity contribution in [2.45, 2.75) is 38.8 Å². The lowest BCUT2D eigenvalue weighted by Crippen LogP contribution is -2.68. The van der Waals surface area contributed by atoms with Gasteiger partial charge in [-0.3, -0.25) is 4.99 Å². The number of nitrogens with zero attached hydrogens (tertiary/aromatic N) is 2. The molecule has 5 heteroatoms. The van der Waals surface area contributed by atoms with Crippen molar-refractivity contribution in [3.05, 3.63) is 0 Å². The summed E-state index contributed by atoms with van der Waals surface area (Å²) in [5.41, 5.74) is 0.197. The van der Waals surface area contributed by atoms with Gasteiger partial charge in [0.05, 0.1) is 12.7 Å². The Kier molecular flexibility index (Phi) is 4.14. The van der Waals surface area contributed by atoms with Crippen molar-refractivity contribution in [3.63, 3.8) is 0 Å². The van der Waals surface area contributed by atoms with Gasteiger partial charge in [-0.2, -0.15) is 0 Å². The maximum Gasteiger partial charge on any atom is 0.193 e. The monoisotopic (exact) mass is 295 g/mol. The van der Waals surface area contributed by atoms with E-state index in [-0.39, 0.29) is 5.41 Å². The first kappa shape index (κ1) is 15.1. The summed E-state index contributed by atoms with van der Waals surface area (Å²) in [6.07, 6.45) is 2.79. The molecule has 5 nitrogen and oxygen atoms in total. The molecule has 0 bridgehead atoms. The van der Waals surface area contributed by atoms with E-state index in [9.17, 15) is 0 Å². The van der Waals surface area contributed by atoms with Crippen molar-refractivity contribution in [2.24, 2.45) is 22.2 Å². The molecule has 0 spiro atoms. The van der Waals surface area contributed by atoms with Gasteiger partial charge in [0.1, 0.15) is 0 Å². The Labute approximate surface area is 128 Å². The summed E-state index contributed by atoms with van der Waals surface area (Å²) < 4.78 is 11.2. The molecule has 0 radical (unpaired) electrons. The van der Waals surface area contributed by atoms with Crippen LogP contribution >= 0.6 is 0 Å². The molecule has 1 aliphatic carbocycles. The van der Waals surface area contributed by atoms with Crippen LogP contribution in [-0.4, -0.2) is 63.5 Å². The SMILES string of the molecule is CN=C(NC1C2CCOC2C1(C)C)N1CCC(COC)C1. The van der Waals surface area contributed by atoms with Gasteiger partial charge >= 0.3 is 0 Å². The highest BCUT2D eigenvalue weighted by Crippen LogP contribution is 2.52. The van der Waals surface area contributed by atoms with Gasteiger partial charge in [-0.25, -0.2) is 0 Å². The van der Waals surface area contributed by atoms with E-state index in [1.54, 1.807) is 7.11 Å². The van der Waals surface area contributed by atoms with Crippen molar-refractivity contribution < 1.29 is 9.47 Å². The zero-order valence-electron chi connectivity index (χ0n) is 13.8. The summed E-state index contributed by atoms with van der Waals surface area (Å²) >= 11 is 0. The lowest BCUT2D eigenvalue weighted by molar-refractivity contribution is -0.107. The minimum Gasteiger partial charge on any atom is -0.384 e. The second-order valence-electron chi connectivity index (χ2n) is 7.29. The van der Waals surface area contributed by atoms with Gasteiger partial charge in [0.2, 0.25) is 0 Å². The van der Waals surface area contributed by atoms with Crippen LogP contribution in [0.3, 0.4) is 0 Å². The van der Waals surface area contributed by atoms with Crippen LogP contribution < -0.4 is 5.32 Å². The molecular formula is C16H29N3O2. The molecule has 21 heavy (non-hydrogen) atoms. The maximum atomic E-state index is 5.88. The predicted octanol–water partition coefficient (Wildman–Crippen LogP) is 1.34. The molecule has 2 saturated heterocycles. The number of ether oxygens (including phenoxy) is 2. The number of hydrogen-bond donors (Lipinski definition) is 1. The van der Waals surface area contributed by atoms with Crippen LogP contribution in [0.4, 0.5) is 0 Å². The summed E-state index contributed by atoms with van der Waals surface area (Å²) in [6.45, 7) is 8.50. The van der Waals surface area contributed by atoms with Gasteiger partial charge in [0.25, 0.3) is 0 Å². The molecule has 1 N–H and O–H groups in total. The maximum absolute atomic E-state index is 5.88. The van der Waals surface area contributed by atoms with Crippen LogP contribution in [0.5, 0.6) is 0 Å². The zero-order valence-corrected chi connectivity index (χ0v) is 13.8. The topological polar surface area (TPSA) is 46.1 Å². The fraction of sp³-hybridized carbons (Fsp3) is 0.938. The van der Waals surface area contributed by atoms with E-state index in [0.29, 0.717) is 24.0 Å². The summed E-state index contributed by atoms with van der Waals surface area (Å²) in [6, 6.07) is 0.477. The van der Waals surface area contributed by atoms with Gasteiger partial charge in [-0.05, 0) is 12.8 Å². The van der Waals surface area contributed by atoms with Crippen molar-refractivity contribution in [1.82, 2.24) is 10.2 Å². The molecule has 3 aliphatic rings. The first-order valence-electron chi connectivity index (χ1n) is 8.16. The summed E-state index contributed by atoms with van der Waals surface area (Å²) in [7, 11) is 3.67. The van der Waals surface area contributed by atoms with Gasteiger partial charge in [0.15, 0.2) is 5.96 Å². The molecule has 1 saturated carbocycles. The van der Waals surface area contributed by atoms with Gasteiger partial charge in [-0.1, -0.05) is 13.8 Å². The second-order valence-corrected chi connectivity index (χ2v) is 7.29. The number of hydrogen-bond acceptors (Lipinski definition) is 3. The minimum atomic E-state index is 0.197. The van der Waals surface area contributed by atoms with Crippen molar-refractivity contribution in [3.8, 4) is 0 Å². The molecule has 2 heterocycles. The van der Waals surface area contributed by atoms with E-state index in [1.807, 2.05) is 7.05 Å². The summed E-state index contributed by atoms with van der Waals surface area (Å²) in [4.78, 5) is 6.89. The number of guanidine groups is 1. The normalized spacial score (nSPS) is 38.3. The first-order chi connectivity index (χ1) is 10.1. The van der Waals surface area contributed by atoms with E-state index in [0.717, 1.165) is 32.3 Å². The van der Waals surface area contributed by atoms with Crippen LogP contribution in [0.25, 0.3) is 0 Å². The second kappa shape index (κ2) is 5.76. The summed E-state index contributed by atoms with van der Waals surface area (Å²) in [5.74, 6) is 2.33. The Morgan fingerprint density at radius 3 is 2.95 bits per heavy atom. The largest absolute Gasteiger partial charge is 0.384 e. The number of methoxy groups -OCH3 is 1. The average molecular weight is 295 g/mol. The van der Waals surface area contributed by atoms with Crippen molar-refractivity contribution in [1.29, 1.82) is 0 Å². The van der Waals surface area contributed by atoms with Crippen molar-refractivity contribution >= 4 is 5.96 Å². The molecule has 4 unspecified atom stereocenters. The standard InChI is InChI=1S/C16H29N3O2/c1-16(2)13(12-6-8-21-14(12)16)18-15(17-3)19-7-5-11(9-19)10-20-4/h11-14H,5-10H2,1-4H3,(H,17,18). The molecule has 3 fully saturated rings. The molecule has 120 valence electrons. The molecule has 0 aromatic carbocycles.